The van der Waals surface area contributed by atoms with E-state index in [4.69, 9.17) is 17.1 Å². The molecule has 10 heteroatoms. The Labute approximate surface area is 246 Å². The molecule has 2 N–H and O–H groups in total. The average Bonchev–Trinajstić information content (AvgIpc) is 3.00. The number of nitrogens with zero attached hydrogens (tertiary/aromatic N) is 6. The zero-order valence-corrected chi connectivity index (χ0v) is 24.2. The maximum atomic E-state index is 13.7. The van der Waals surface area contributed by atoms with Crippen molar-refractivity contribution in [3.8, 4) is 12.3 Å². The summed E-state index contributed by atoms with van der Waals surface area (Å²) in [4.78, 5) is 13.3. The van der Waals surface area contributed by atoms with Crippen LogP contribution in [-0.2, 0) is 0 Å². The Morgan fingerprint density at radius 3 is 2.64 bits per heavy atom. The summed E-state index contributed by atoms with van der Waals surface area (Å²) in [5.41, 5.74) is 7.48. The van der Waals surface area contributed by atoms with Gasteiger partial charge >= 0.3 is 6.18 Å². The molecule has 0 radical (unpaired) electrons. The predicted octanol–water partition coefficient (Wildman–Crippen LogP) is 6.42. The molecule has 42 heavy (non-hydrogen) atoms. The van der Waals surface area contributed by atoms with Gasteiger partial charge in [0.15, 0.2) is 0 Å². The van der Waals surface area contributed by atoms with Gasteiger partial charge in [0.25, 0.3) is 0 Å². The van der Waals surface area contributed by atoms with Gasteiger partial charge in [-0.2, -0.15) is 23.4 Å². The number of piperidine rings is 2. The van der Waals surface area contributed by atoms with Crippen molar-refractivity contribution in [1.29, 1.82) is 0 Å². The number of nitrogen functional groups attached to an aromatic ring is 1. The minimum Gasteiger partial charge on any atom is -0.399 e. The molecule has 1 aromatic carbocycles. The van der Waals surface area contributed by atoms with Gasteiger partial charge in [-0.25, -0.2) is 9.97 Å². The molecule has 0 aliphatic carbocycles. The molecule has 0 bridgehead atoms. The Bertz CT molecular complexity index is 1400. The lowest BCUT2D eigenvalue weighted by atomic mass is 9.78. The van der Waals surface area contributed by atoms with Gasteiger partial charge in [-0.05, 0) is 75.3 Å². The molecule has 7 nitrogen and oxygen atoms in total. The van der Waals surface area contributed by atoms with Gasteiger partial charge in [-0.15, -0.1) is 6.42 Å². The molecule has 0 saturated carbocycles. The van der Waals surface area contributed by atoms with Gasteiger partial charge in [0.2, 0.25) is 5.95 Å². The molecule has 1 unspecified atom stereocenters. The topological polar surface area (TPSA) is 83.0 Å². The van der Waals surface area contributed by atoms with Crippen LogP contribution in [0.1, 0.15) is 57.2 Å². The zero-order valence-electron chi connectivity index (χ0n) is 24.2. The predicted molar refractivity (Wildman–Crippen MR) is 165 cm³/mol. The summed E-state index contributed by atoms with van der Waals surface area (Å²) in [6.45, 7) is 9.89. The van der Waals surface area contributed by atoms with Crippen LogP contribution < -0.4 is 15.5 Å². The Morgan fingerprint density at radius 1 is 1.21 bits per heavy atom. The van der Waals surface area contributed by atoms with Crippen molar-refractivity contribution < 1.29 is 13.2 Å². The molecule has 2 saturated heterocycles. The van der Waals surface area contributed by atoms with E-state index in [-0.39, 0.29) is 25.9 Å². The fraction of sp³-hybridized carbons (Fsp3) is 0.438. The number of allylic oxidation sites excluding steroid dienone is 2. The maximum Gasteiger partial charge on any atom is 0.405 e. The number of hydrogen-bond acceptors (Lipinski definition) is 7. The number of aromatic nitrogens is 2. The first-order chi connectivity index (χ1) is 20.1. The van der Waals surface area contributed by atoms with Crippen LogP contribution in [0.5, 0.6) is 0 Å². The lowest BCUT2D eigenvalue weighted by Gasteiger charge is -2.41. The molecular weight excluding hydrogens is 539 g/mol. The summed E-state index contributed by atoms with van der Waals surface area (Å²) in [6.07, 6.45) is 11.5. The molecule has 1 atom stereocenters. The normalized spacial score (nSPS) is 20.0. The van der Waals surface area contributed by atoms with E-state index < -0.39 is 11.6 Å². The molecule has 4 rings (SSSR count). The minimum atomic E-state index is -4.46. The largest absolute Gasteiger partial charge is 0.405 e. The van der Waals surface area contributed by atoms with Crippen molar-refractivity contribution in [3.05, 3.63) is 66.5 Å². The van der Waals surface area contributed by atoms with Crippen molar-refractivity contribution >= 4 is 28.7 Å². The number of nitrogens with two attached hydrogens (primary N) is 1. The number of anilines is 3. The van der Waals surface area contributed by atoms with E-state index in [1.807, 2.05) is 17.7 Å². The van der Waals surface area contributed by atoms with Crippen molar-refractivity contribution in [1.82, 2.24) is 9.97 Å². The Morgan fingerprint density at radius 2 is 1.98 bits per heavy atom. The maximum absolute atomic E-state index is 13.7. The summed E-state index contributed by atoms with van der Waals surface area (Å²) >= 11 is 0. The van der Waals surface area contributed by atoms with Crippen LogP contribution >= 0.6 is 0 Å². The van der Waals surface area contributed by atoms with Crippen LogP contribution in [0, 0.1) is 23.7 Å². The summed E-state index contributed by atoms with van der Waals surface area (Å²) in [6, 6.07) is 7.04. The van der Waals surface area contributed by atoms with Crippen molar-refractivity contribution in [2.24, 2.45) is 21.5 Å². The lowest BCUT2D eigenvalue weighted by molar-refractivity contribution is -0.207. The second kappa shape index (κ2) is 13.2. The number of terminal acetylenes is 1. The zero-order chi connectivity index (χ0) is 30.3. The number of rotatable bonds is 8. The van der Waals surface area contributed by atoms with E-state index in [0.29, 0.717) is 45.9 Å². The van der Waals surface area contributed by atoms with Crippen LogP contribution in [-0.4, -0.2) is 53.7 Å². The number of benzene rings is 1. The third kappa shape index (κ3) is 6.84. The minimum absolute atomic E-state index is 0.127. The molecular formula is C32H38F3N7. The van der Waals surface area contributed by atoms with Crippen LogP contribution in [0.2, 0.25) is 0 Å². The third-order valence-electron chi connectivity index (χ3n) is 7.97. The summed E-state index contributed by atoms with van der Waals surface area (Å²) in [5.74, 6) is 3.16. The molecule has 0 amide bonds. The monoisotopic (exact) mass is 577 g/mol. The van der Waals surface area contributed by atoms with Gasteiger partial charge in [-0.3, -0.25) is 0 Å². The number of alkyl halides is 3. The first-order valence-corrected chi connectivity index (χ1v) is 14.3. The first kappa shape index (κ1) is 30.8. The quantitative estimate of drug-likeness (QED) is 0.129. The average molecular weight is 578 g/mol. The van der Waals surface area contributed by atoms with E-state index in [2.05, 4.69) is 45.7 Å². The van der Waals surface area contributed by atoms with Gasteiger partial charge in [-0.1, -0.05) is 31.6 Å². The number of halogens is 3. The highest BCUT2D eigenvalue weighted by molar-refractivity contribution is 6.12. The van der Waals surface area contributed by atoms with E-state index in [1.54, 1.807) is 36.5 Å². The van der Waals surface area contributed by atoms with E-state index in [0.717, 1.165) is 32.4 Å². The van der Waals surface area contributed by atoms with Crippen LogP contribution in [0.3, 0.4) is 0 Å². The SMILES string of the molecule is C#CC1(C(F)(F)F)CCN(c2cc(N)ccc2/C(C=C)=N/N=C(\C)c2ccnc(N3CCCC(/C=C/CC)C3)n2)CC1. The van der Waals surface area contributed by atoms with Crippen molar-refractivity contribution in [2.75, 3.05) is 41.7 Å². The van der Waals surface area contributed by atoms with Crippen LogP contribution in [0.25, 0.3) is 0 Å². The van der Waals surface area contributed by atoms with Crippen molar-refractivity contribution in [3.63, 3.8) is 0 Å². The second-order valence-electron chi connectivity index (χ2n) is 10.8. The third-order valence-corrected chi connectivity index (χ3v) is 7.97. The molecule has 0 spiro atoms. The van der Waals surface area contributed by atoms with E-state index in [1.165, 1.54) is 0 Å². The first-order valence-electron chi connectivity index (χ1n) is 14.3. The second-order valence-corrected chi connectivity index (χ2v) is 10.8. The molecule has 3 heterocycles. The molecule has 2 aliphatic rings. The van der Waals surface area contributed by atoms with Crippen LogP contribution in [0.4, 0.5) is 30.5 Å². The Hall–Kier alpha value is -4.13. The summed E-state index contributed by atoms with van der Waals surface area (Å²) in [5, 5.41) is 8.92. The van der Waals surface area contributed by atoms with E-state index in [9.17, 15) is 13.2 Å². The van der Waals surface area contributed by atoms with Crippen molar-refractivity contribution in [2.45, 2.75) is 52.1 Å². The lowest BCUT2D eigenvalue weighted by Crippen LogP contribution is -2.47. The van der Waals surface area contributed by atoms with Gasteiger partial charge < -0.3 is 15.5 Å². The Balaban J connectivity index is 1.57. The van der Waals surface area contributed by atoms with E-state index >= 15 is 0 Å². The summed E-state index contributed by atoms with van der Waals surface area (Å²) < 4.78 is 41.2. The van der Waals surface area contributed by atoms with Gasteiger partial charge in [0.1, 0.15) is 5.41 Å². The highest BCUT2D eigenvalue weighted by atomic mass is 19.4. The fourth-order valence-corrected chi connectivity index (χ4v) is 5.43. The molecule has 2 fully saturated rings. The standard InChI is InChI=1S/C32H38F3N7/c1-5-8-10-24-11-9-18-42(22-24)30-37-17-14-28(38-30)23(4)39-40-27(6-2)26-13-12-25(36)21-29(26)41-19-15-31(7-3,16-20-41)32(33,34)35/h3,6,8,10,12-14,17,21,24H,2,5,9,11,15-16,18-20,22,36H2,1,4H3/b10-8+,39-23+,40-27+. The Kier molecular flexibility index (Phi) is 9.71. The molecule has 222 valence electrons. The molecule has 1 aromatic heterocycles. The molecule has 2 aromatic rings. The summed E-state index contributed by atoms with van der Waals surface area (Å²) in [7, 11) is 0. The fourth-order valence-electron chi connectivity index (χ4n) is 5.43. The van der Waals surface area contributed by atoms with Crippen LogP contribution in [0.15, 0.2) is 65.5 Å². The van der Waals surface area contributed by atoms with Gasteiger partial charge in [0, 0.05) is 49.3 Å². The highest BCUT2D eigenvalue weighted by Gasteiger charge is 2.54. The molecule has 2 aliphatic heterocycles. The smallest absolute Gasteiger partial charge is 0.399 e. The highest BCUT2D eigenvalue weighted by Crippen LogP contribution is 2.46. The number of hydrogen-bond donors (Lipinski definition) is 1. The van der Waals surface area contributed by atoms with Gasteiger partial charge in [0.05, 0.1) is 17.1 Å².